The maximum atomic E-state index is 5.23. The number of rotatable bonds is 0. The fourth-order valence-corrected chi connectivity index (χ4v) is 0.323. The average Bonchev–Trinajstić information content (AvgIpc) is 1.69. The highest BCUT2D eigenvalue weighted by Crippen LogP contribution is 1.88. The molecule has 0 fully saturated rings. The van der Waals surface area contributed by atoms with Gasteiger partial charge in [-0.25, -0.2) is 0 Å². The maximum absolute atomic E-state index is 5.23. The van der Waals surface area contributed by atoms with Crippen LogP contribution >= 0.6 is 11.8 Å². The van der Waals surface area contributed by atoms with Gasteiger partial charge in [0.05, 0.1) is 24.2 Å². The Bertz CT molecular complexity index is 108. The second kappa shape index (κ2) is 1.79. The monoisotopic (exact) mass is 118 g/mol. The van der Waals surface area contributed by atoms with Crippen molar-refractivity contribution in [3.63, 3.8) is 0 Å². The van der Waals surface area contributed by atoms with Crippen molar-refractivity contribution in [1.82, 2.24) is 10.2 Å². The molecule has 0 unspecified atom stereocenters. The van der Waals surface area contributed by atoms with Crippen LogP contribution in [0.15, 0.2) is 10.2 Å². The predicted molar refractivity (Wildman–Crippen MR) is 27.8 cm³/mol. The van der Waals surface area contributed by atoms with Crippen molar-refractivity contribution in [1.29, 1.82) is 0 Å². The third-order valence-corrected chi connectivity index (χ3v) is 0.612. The largest absolute Gasteiger partial charge is 0.187 e. The van der Waals surface area contributed by atoms with Crippen molar-refractivity contribution in [2.24, 2.45) is 10.2 Å². The summed E-state index contributed by atoms with van der Waals surface area (Å²) in [4.78, 5) is 0. The first kappa shape index (κ1) is 4.39. The number of hydrazine groups is 1. The Morgan fingerprint density at radius 1 is 1.57 bits per heavy atom. The summed E-state index contributed by atoms with van der Waals surface area (Å²) in [6.45, 7) is 0. The van der Waals surface area contributed by atoms with Gasteiger partial charge in [-0.1, -0.05) is 4.64 Å². The Hall–Kier alpha value is -0.770. The van der Waals surface area contributed by atoms with E-state index >= 15 is 0 Å². The van der Waals surface area contributed by atoms with Gasteiger partial charge in [-0.05, 0) is 0 Å². The van der Waals surface area contributed by atoms with Crippen LogP contribution in [0.2, 0.25) is 0 Å². The van der Waals surface area contributed by atoms with Crippen LogP contribution in [-0.2, 0) is 0 Å². The highest BCUT2D eigenvalue weighted by Gasteiger charge is 1.89. The molecular weight excluding hydrogens is 116 g/mol. The number of nitrogens with one attached hydrogen (secondary N) is 1. The molecule has 0 aromatic rings. The third kappa shape index (κ3) is 1.04. The van der Waals surface area contributed by atoms with Gasteiger partial charge in [0.25, 0.3) is 0 Å². The summed E-state index contributed by atoms with van der Waals surface area (Å²) >= 11 is 5.23. The highest BCUT2D eigenvalue weighted by atomic mass is 35.5. The van der Waals surface area contributed by atoms with E-state index in [1.54, 1.807) is 0 Å². The Kier molecular flexibility index (Phi) is 1.12. The minimum absolute atomic E-state index is 0.986. The molecule has 5 heteroatoms. The summed E-state index contributed by atoms with van der Waals surface area (Å²) in [5.41, 5.74) is 2.35. The number of hydrogen-bond acceptors (Lipinski definition) is 4. The first-order valence-corrected chi connectivity index (χ1v) is 2.00. The summed E-state index contributed by atoms with van der Waals surface area (Å²) in [6, 6.07) is 0. The second-order valence-corrected chi connectivity index (χ2v) is 1.22. The van der Waals surface area contributed by atoms with Crippen molar-refractivity contribution in [2.75, 3.05) is 0 Å². The van der Waals surface area contributed by atoms with Crippen LogP contribution in [0.1, 0.15) is 0 Å². The lowest BCUT2D eigenvalue weighted by atomic mass is 10.8. The van der Waals surface area contributed by atoms with Gasteiger partial charge in [0, 0.05) is 0 Å². The van der Waals surface area contributed by atoms with Crippen molar-refractivity contribution in [3.8, 4) is 0 Å². The molecule has 38 valence electrons. The van der Waals surface area contributed by atoms with Gasteiger partial charge in [0.1, 0.15) is 0 Å². The number of nitrogens with zero attached hydrogens (tertiary/aromatic N) is 3. The maximum Gasteiger partial charge on any atom is 0.0707 e. The molecule has 0 aliphatic carbocycles. The first-order chi connectivity index (χ1) is 3.39. The Labute approximate surface area is 45.5 Å². The van der Waals surface area contributed by atoms with Crippen molar-refractivity contribution < 1.29 is 0 Å². The normalized spacial score (nSPS) is 17.0. The van der Waals surface area contributed by atoms with Crippen molar-refractivity contribution in [2.45, 2.75) is 0 Å². The predicted octanol–water partition coefficient (Wildman–Crippen LogP) is -0.0680. The van der Waals surface area contributed by atoms with E-state index in [-0.39, 0.29) is 0 Å². The summed E-state index contributed by atoms with van der Waals surface area (Å²) < 4.78 is 0.986. The molecule has 1 aliphatic heterocycles. The molecule has 1 aliphatic rings. The van der Waals surface area contributed by atoms with Crippen LogP contribution in [0.4, 0.5) is 0 Å². The van der Waals surface area contributed by atoms with Gasteiger partial charge < -0.3 is 0 Å². The van der Waals surface area contributed by atoms with Gasteiger partial charge in [-0.2, -0.15) is 10.6 Å². The molecule has 0 spiro atoms. The molecule has 0 atom stereocenters. The standard InChI is InChI=1S/C2H3ClN4/c3-7-5-2-1-4-6-7/h1-2,6H. The molecule has 1 N–H and O–H groups in total. The zero-order chi connectivity index (χ0) is 5.11. The first-order valence-electron chi connectivity index (χ1n) is 1.67. The average molecular weight is 119 g/mol. The zero-order valence-electron chi connectivity index (χ0n) is 3.37. The molecule has 0 aromatic heterocycles. The molecule has 0 saturated heterocycles. The third-order valence-electron chi connectivity index (χ3n) is 0.450. The molecule has 0 saturated carbocycles. The molecular formula is C2H3ClN4. The molecule has 0 bridgehead atoms. The van der Waals surface area contributed by atoms with Crippen molar-refractivity contribution >= 4 is 24.2 Å². The second-order valence-electron chi connectivity index (χ2n) is 0.903. The number of hydrazone groups is 2. The minimum Gasteiger partial charge on any atom is -0.187 e. The van der Waals surface area contributed by atoms with E-state index < -0.39 is 0 Å². The quantitative estimate of drug-likeness (QED) is 0.453. The van der Waals surface area contributed by atoms with Gasteiger partial charge in [-0.3, -0.25) is 0 Å². The molecule has 0 aromatic carbocycles. The van der Waals surface area contributed by atoms with Gasteiger partial charge >= 0.3 is 0 Å². The van der Waals surface area contributed by atoms with E-state index in [1.807, 2.05) is 0 Å². The lowest BCUT2D eigenvalue weighted by Crippen LogP contribution is -2.22. The zero-order valence-corrected chi connectivity index (χ0v) is 4.13. The molecule has 4 nitrogen and oxygen atoms in total. The van der Waals surface area contributed by atoms with Crippen LogP contribution in [-0.4, -0.2) is 17.1 Å². The van der Waals surface area contributed by atoms with Crippen LogP contribution in [0.3, 0.4) is 0 Å². The Balaban J connectivity index is 2.49. The highest BCUT2D eigenvalue weighted by molar-refractivity contribution is 6.18. The SMILES string of the molecule is ClN1N=CC=NN1. The Morgan fingerprint density at radius 2 is 2.43 bits per heavy atom. The summed E-state index contributed by atoms with van der Waals surface area (Å²) in [6.07, 6.45) is 2.97. The van der Waals surface area contributed by atoms with Crippen LogP contribution in [0.5, 0.6) is 0 Å². The molecule has 1 heterocycles. The van der Waals surface area contributed by atoms with E-state index in [4.69, 9.17) is 11.8 Å². The van der Waals surface area contributed by atoms with E-state index in [0.29, 0.717) is 0 Å². The van der Waals surface area contributed by atoms with Crippen LogP contribution in [0.25, 0.3) is 0 Å². The fourth-order valence-electron chi connectivity index (χ4n) is 0.228. The smallest absolute Gasteiger partial charge is 0.0707 e. The van der Waals surface area contributed by atoms with Gasteiger partial charge in [0.2, 0.25) is 0 Å². The van der Waals surface area contributed by atoms with Gasteiger partial charge in [0.15, 0.2) is 0 Å². The van der Waals surface area contributed by atoms with E-state index in [2.05, 4.69) is 15.7 Å². The van der Waals surface area contributed by atoms with Crippen LogP contribution < -0.4 is 5.53 Å². The van der Waals surface area contributed by atoms with Crippen molar-refractivity contribution in [3.05, 3.63) is 0 Å². The van der Waals surface area contributed by atoms with E-state index in [9.17, 15) is 0 Å². The molecule has 7 heavy (non-hydrogen) atoms. The minimum atomic E-state index is 0.986. The van der Waals surface area contributed by atoms with E-state index in [1.165, 1.54) is 12.4 Å². The Morgan fingerprint density at radius 3 is 2.71 bits per heavy atom. The number of halogens is 1. The molecule has 0 radical (unpaired) electrons. The van der Waals surface area contributed by atoms with Crippen LogP contribution in [0, 0.1) is 0 Å². The summed E-state index contributed by atoms with van der Waals surface area (Å²) in [5, 5.41) is 7.07. The molecule has 1 rings (SSSR count). The number of hydrogen-bond donors (Lipinski definition) is 1. The lowest BCUT2D eigenvalue weighted by molar-refractivity contribution is 0.364. The topological polar surface area (TPSA) is 40.0 Å². The molecule has 0 amide bonds. The fraction of sp³-hybridized carbons (Fsp3) is 0. The van der Waals surface area contributed by atoms with Gasteiger partial charge in [-0.15, -0.1) is 5.10 Å². The lowest BCUT2D eigenvalue weighted by Gasteiger charge is -2.07. The summed E-state index contributed by atoms with van der Waals surface area (Å²) in [7, 11) is 0. The van der Waals surface area contributed by atoms with E-state index in [0.717, 1.165) is 4.64 Å². The summed E-state index contributed by atoms with van der Waals surface area (Å²) in [5.74, 6) is 0.